The highest BCUT2D eigenvalue weighted by Gasteiger charge is 2.50. The number of carbonyl (C=O) groups excluding carboxylic acids is 3. The van der Waals surface area contributed by atoms with E-state index in [0.29, 0.717) is 0 Å². The summed E-state index contributed by atoms with van der Waals surface area (Å²) in [5.74, 6) is -3.77. The Morgan fingerprint density at radius 3 is 2.49 bits per heavy atom. The molecule has 3 aliphatic rings. The molecular formula is C27H29NO11. The Labute approximate surface area is 222 Å². The van der Waals surface area contributed by atoms with Crippen LogP contribution in [0.2, 0.25) is 0 Å². The molecule has 0 unspecified atom stereocenters. The van der Waals surface area contributed by atoms with Gasteiger partial charge >= 0.3 is 0 Å². The number of rotatable bonds is 5. The molecule has 0 amide bonds. The first kappa shape index (κ1) is 27.2. The highest BCUT2D eigenvalue weighted by Crippen LogP contribution is 2.52. The van der Waals surface area contributed by atoms with E-state index in [1.165, 1.54) is 25.3 Å². The second-order valence-corrected chi connectivity index (χ2v) is 10.2. The van der Waals surface area contributed by atoms with Crippen LogP contribution in [-0.2, 0) is 20.7 Å². The van der Waals surface area contributed by atoms with Gasteiger partial charge < -0.3 is 45.5 Å². The molecule has 2 aromatic rings. The average Bonchev–Trinajstić information content (AvgIpc) is 2.90. The van der Waals surface area contributed by atoms with Gasteiger partial charge in [-0.3, -0.25) is 14.4 Å². The zero-order chi connectivity index (χ0) is 28.4. The number of carbonyl (C=O) groups is 3. The highest BCUT2D eigenvalue weighted by atomic mass is 16.7. The third-order valence-corrected chi connectivity index (χ3v) is 7.81. The molecule has 2 aliphatic carbocycles. The number of nitrogens with two attached hydrogens (primary N) is 1. The monoisotopic (exact) mass is 543 g/mol. The van der Waals surface area contributed by atoms with Crippen LogP contribution in [-0.4, -0.2) is 86.7 Å². The number of benzene rings is 2. The molecule has 0 spiro atoms. The number of ketones is 3. The van der Waals surface area contributed by atoms with Crippen molar-refractivity contribution in [1.29, 1.82) is 0 Å². The number of ether oxygens (including phenoxy) is 3. The lowest BCUT2D eigenvalue weighted by Crippen LogP contribution is -2.53. The minimum Gasteiger partial charge on any atom is -0.507 e. The first-order valence-corrected chi connectivity index (χ1v) is 12.4. The summed E-state index contributed by atoms with van der Waals surface area (Å²) in [7, 11) is 1.32. The van der Waals surface area contributed by atoms with Gasteiger partial charge in [0.2, 0.25) is 5.78 Å². The molecule has 0 radical (unpaired) electrons. The van der Waals surface area contributed by atoms with Crippen LogP contribution in [0.4, 0.5) is 0 Å². The number of hydrogen-bond acceptors (Lipinski definition) is 12. The molecule has 0 saturated carbocycles. The smallest absolute Gasteiger partial charge is 0.202 e. The van der Waals surface area contributed by atoms with Crippen molar-refractivity contribution >= 4 is 17.3 Å². The largest absolute Gasteiger partial charge is 0.507 e. The van der Waals surface area contributed by atoms with Crippen LogP contribution in [0.5, 0.6) is 17.2 Å². The molecule has 208 valence electrons. The van der Waals surface area contributed by atoms with E-state index in [0.717, 1.165) is 0 Å². The Hall–Kier alpha value is -3.39. The molecule has 12 heteroatoms. The molecule has 0 aromatic heterocycles. The van der Waals surface area contributed by atoms with E-state index < -0.39 is 95.7 Å². The van der Waals surface area contributed by atoms with Gasteiger partial charge in [0, 0.05) is 42.0 Å². The lowest BCUT2D eigenvalue weighted by molar-refractivity contribution is -0.247. The fraction of sp³-hybridized carbons (Fsp3) is 0.444. The number of aliphatic hydroxyl groups excluding tert-OH is 2. The molecule has 12 nitrogen and oxygen atoms in total. The number of aliphatic hydroxyl groups is 3. The summed E-state index contributed by atoms with van der Waals surface area (Å²) in [6.45, 7) is 0.560. The van der Waals surface area contributed by atoms with Crippen molar-refractivity contribution < 1.29 is 54.1 Å². The Kier molecular flexibility index (Phi) is 6.74. The molecule has 1 saturated heterocycles. The van der Waals surface area contributed by atoms with Gasteiger partial charge in [-0.05, 0) is 13.0 Å². The number of phenols is 2. The van der Waals surface area contributed by atoms with Crippen molar-refractivity contribution in [3.8, 4) is 17.2 Å². The van der Waals surface area contributed by atoms with Crippen LogP contribution < -0.4 is 10.5 Å². The Bertz CT molecular complexity index is 1380. The number of fused-ring (bicyclic) bond motifs is 3. The third-order valence-electron chi connectivity index (χ3n) is 7.81. The number of aromatic hydroxyl groups is 2. The van der Waals surface area contributed by atoms with Crippen LogP contribution in [0.1, 0.15) is 68.8 Å². The van der Waals surface area contributed by atoms with E-state index >= 15 is 0 Å². The fourth-order valence-corrected chi connectivity index (χ4v) is 5.75. The minimum absolute atomic E-state index is 0.0173. The molecule has 5 rings (SSSR count). The number of phenolic OH excluding ortho intramolecular Hbond substituents is 2. The van der Waals surface area contributed by atoms with Crippen molar-refractivity contribution in [3.05, 3.63) is 51.6 Å². The molecule has 39 heavy (non-hydrogen) atoms. The molecule has 0 bridgehead atoms. The zero-order valence-corrected chi connectivity index (χ0v) is 21.2. The van der Waals surface area contributed by atoms with E-state index in [9.17, 15) is 39.9 Å². The van der Waals surface area contributed by atoms with Crippen molar-refractivity contribution in [3.63, 3.8) is 0 Å². The number of Topliss-reactive ketones (excluding diaryl/α,β-unsaturated/α-hetero) is 1. The van der Waals surface area contributed by atoms with Gasteiger partial charge in [0.25, 0.3) is 0 Å². The predicted molar refractivity (Wildman–Crippen MR) is 132 cm³/mol. The zero-order valence-electron chi connectivity index (χ0n) is 21.2. The van der Waals surface area contributed by atoms with Gasteiger partial charge in [0.05, 0.1) is 42.1 Å². The normalized spacial score (nSPS) is 29.8. The molecule has 1 fully saturated rings. The summed E-state index contributed by atoms with van der Waals surface area (Å²) in [4.78, 5) is 39.7. The molecule has 2 aromatic carbocycles. The minimum atomic E-state index is -2.24. The van der Waals surface area contributed by atoms with E-state index in [2.05, 4.69) is 0 Å². The van der Waals surface area contributed by atoms with Crippen molar-refractivity contribution in [2.45, 2.75) is 62.4 Å². The predicted octanol–water partition coefficient (Wildman–Crippen LogP) is 0.00130. The van der Waals surface area contributed by atoms with Crippen LogP contribution in [0.25, 0.3) is 0 Å². The quantitative estimate of drug-likeness (QED) is 0.235. The summed E-state index contributed by atoms with van der Waals surface area (Å²) in [6.07, 6.45) is -5.12. The van der Waals surface area contributed by atoms with Gasteiger partial charge in [0.15, 0.2) is 17.9 Å². The van der Waals surface area contributed by atoms with Crippen LogP contribution in [0.15, 0.2) is 18.2 Å². The van der Waals surface area contributed by atoms with Crippen LogP contribution in [0, 0.1) is 0 Å². The average molecular weight is 544 g/mol. The highest BCUT2D eigenvalue weighted by molar-refractivity contribution is 6.31. The summed E-state index contributed by atoms with van der Waals surface area (Å²) in [6, 6.07) is 3.64. The second-order valence-electron chi connectivity index (χ2n) is 10.2. The van der Waals surface area contributed by atoms with E-state index in [-0.39, 0.29) is 34.4 Å². The molecule has 6 atom stereocenters. The lowest BCUT2D eigenvalue weighted by Gasteiger charge is -2.42. The summed E-state index contributed by atoms with van der Waals surface area (Å²) >= 11 is 0. The third kappa shape index (κ3) is 4.11. The van der Waals surface area contributed by atoms with Crippen LogP contribution >= 0.6 is 0 Å². The molecular weight excluding hydrogens is 514 g/mol. The molecule has 7 N–H and O–H groups in total. The fourth-order valence-electron chi connectivity index (χ4n) is 5.75. The van der Waals surface area contributed by atoms with Gasteiger partial charge in [-0.1, -0.05) is 12.1 Å². The van der Waals surface area contributed by atoms with E-state index in [4.69, 9.17) is 19.9 Å². The van der Waals surface area contributed by atoms with Gasteiger partial charge in [-0.2, -0.15) is 0 Å². The number of methoxy groups -OCH3 is 1. The SMILES string of the molecule is COc1cccc2c1C(=O)c1c(O)c3c(c(O)c1C2=O)C[C@@](O)(C(=O)CO)C[C@H]3O[C@H]1C[C@@H](N)[C@H](O)[C@H](C)O1. The maximum atomic E-state index is 13.6. The Morgan fingerprint density at radius 2 is 1.85 bits per heavy atom. The topological polar surface area (TPSA) is 206 Å². The first-order valence-electron chi connectivity index (χ1n) is 12.4. The van der Waals surface area contributed by atoms with Crippen molar-refractivity contribution in [2.24, 2.45) is 5.73 Å². The maximum absolute atomic E-state index is 13.6. The number of hydrogen-bond donors (Lipinski definition) is 6. The Balaban J connectivity index is 1.69. The first-order chi connectivity index (χ1) is 18.4. The van der Waals surface area contributed by atoms with Gasteiger partial charge in [0.1, 0.15) is 29.5 Å². The summed E-state index contributed by atoms with van der Waals surface area (Å²) in [5, 5.41) is 53.7. The summed E-state index contributed by atoms with van der Waals surface area (Å²) in [5.41, 5.74) is 2.37. The lowest BCUT2D eigenvalue weighted by atomic mass is 9.72. The van der Waals surface area contributed by atoms with Crippen molar-refractivity contribution in [2.75, 3.05) is 13.7 Å². The Morgan fingerprint density at radius 1 is 1.15 bits per heavy atom. The molecule has 1 heterocycles. The van der Waals surface area contributed by atoms with Gasteiger partial charge in [-0.25, -0.2) is 0 Å². The maximum Gasteiger partial charge on any atom is 0.202 e. The van der Waals surface area contributed by atoms with E-state index in [1.54, 1.807) is 6.92 Å². The van der Waals surface area contributed by atoms with Crippen LogP contribution in [0.3, 0.4) is 0 Å². The van der Waals surface area contributed by atoms with Crippen molar-refractivity contribution in [1.82, 2.24) is 0 Å². The van der Waals surface area contributed by atoms with Gasteiger partial charge in [-0.15, -0.1) is 0 Å². The molecule has 1 aliphatic heterocycles. The standard InChI is InChI=1S/C27H29NO11/c1-10-22(31)13(28)6-17(38-10)39-15-8-27(36,16(30)9-29)7-12-19(15)26(35)21-20(24(12)33)23(32)11-4-3-5-14(37-2)18(11)25(21)34/h3-5,10,13,15,17,22,29,31,33,35-36H,6-9,28H2,1-2H3/t10-,13+,15+,17-,22+,27-/m0/s1. The second kappa shape index (κ2) is 9.66. The van der Waals surface area contributed by atoms with E-state index in [1.807, 2.05) is 0 Å². The summed E-state index contributed by atoms with van der Waals surface area (Å²) < 4.78 is 17.0.